The molecule has 0 aliphatic heterocycles. The summed E-state index contributed by atoms with van der Waals surface area (Å²) in [7, 11) is 0. The molecule has 3 heteroatoms. The highest BCUT2D eigenvalue weighted by atomic mass is 32.2. The van der Waals surface area contributed by atoms with E-state index in [1.165, 1.54) is 5.56 Å². The molecule has 0 bridgehead atoms. The summed E-state index contributed by atoms with van der Waals surface area (Å²) in [5, 5.41) is 2.19. The lowest BCUT2D eigenvalue weighted by atomic mass is 9.91. The monoisotopic (exact) mass is 336 g/mol. The smallest absolute Gasteiger partial charge is 0.105 e. The van der Waals surface area contributed by atoms with E-state index in [0.717, 1.165) is 21.5 Å². The van der Waals surface area contributed by atoms with E-state index in [0.29, 0.717) is 0 Å². The number of nitrogens with zero attached hydrogens (tertiary/aromatic N) is 1. The Morgan fingerprint density at radius 1 is 0.875 bits per heavy atom. The minimum Gasteiger partial charge on any atom is -0.324 e. The van der Waals surface area contributed by atoms with Gasteiger partial charge in [-0.25, -0.2) is 4.98 Å². The Balaban J connectivity index is 2.18. The number of thioether (sulfide) groups is 1. The number of pyridine rings is 1. The van der Waals surface area contributed by atoms with Crippen LogP contribution in [-0.2, 0) is 0 Å². The van der Waals surface area contributed by atoms with Crippen molar-refractivity contribution < 1.29 is 0 Å². The van der Waals surface area contributed by atoms with E-state index in [9.17, 15) is 0 Å². The molecule has 1 heterocycles. The van der Waals surface area contributed by atoms with Gasteiger partial charge in [-0.05, 0) is 45.4 Å². The van der Waals surface area contributed by atoms with Gasteiger partial charge in [-0.15, -0.1) is 0 Å². The summed E-state index contributed by atoms with van der Waals surface area (Å²) < 4.78 is -0.147. The third-order valence-electron chi connectivity index (χ3n) is 4.68. The predicted octanol–water partition coefficient (Wildman–Crippen LogP) is 5.51. The lowest BCUT2D eigenvalue weighted by molar-refractivity contribution is 0.412. The number of para-hydroxylation sites is 1. The first-order chi connectivity index (χ1) is 11.3. The third-order valence-corrected chi connectivity index (χ3v) is 6.22. The van der Waals surface area contributed by atoms with Gasteiger partial charge in [0.2, 0.25) is 0 Å². The summed E-state index contributed by atoms with van der Waals surface area (Å²) in [6.45, 7) is 8.51. The van der Waals surface area contributed by atoms with E-state index in [4.69, 9.17) is 10.7 Å². The van der Waals surface area contributed by atoms with Crippen molar-refractivity contribution in [2.45, 2.75) is 43.0 Å². The van der Waals surface area contributed by atoms with Gasteiger partial charge in [-0.2, -0.15) is 0 Å². The second-order valence-electron chi connectivity index (χ2n) is 7.23. The zero-order valence-corrected chi connectivity index (χ0v) is 15.5. The van der Waals surface area contributed by atoms with Crippen LogP contribution in [0.25, 0.3) is 22.0 Å². The van der Waals surface area contributed by atoms with E-state index < -0.39 is 0 Å². The maximum Gasteiger partial charge on any atom is 0.105 e. The van der Waals surface area contributed by atoms with Gasteiger partial charge in [0.1, 0.15) is 5.03 Å². The van der Waals surface area contributed by atoms with Crippen LogP contribution < -0.4 is 5.73 Å². The molecule has 0 spiro atoms. The van der Waals surface area contributed by atoms with E-state index >= 15 is 0 Å². The van der Waals surface area contributed by atoms with Gasteiger partial charge in [-0.3, -0.25) is 0 Å². The van der Waals surface area contributed by atoms with Gasteiger partial charge in [0.05, 0.1) is 5.52 Å². The Morgan fingerprint density at radius 2 is 1.50 bits per heavy atom. The molecule has 24 heavy (non-hydrogen) atoms. The quantitative estimate of drug-likeness (QED) is 0.638. The Bertz CT molecular complexity index is 849. The molecule has 0 radical (unpaired) electrons. The predicted molar refractivity (Wildman–Crippen MR) is 105 cm³/mol. The van der Waals surface area contributed by atoms with Crippen molar-refractivity contribution in [1.82, 2.24) is 4.98 Å². The molecular formula is C21H24N2S. The molecule has 0 saturated heterocycles. The summed E-state index contributed by atoms with van der Waals surface area (Å²) in [6, 6.07) is 20.9. The maximum absolute atomic E-state index is 6.41. The zero-order chi connectivity index (χ0) is 17.4. The van der Waals surface area contributed by atoms with Gasteiger partial charge in [0.15, 0.2) is 0 Å². The van der Waals surface area contributed by atoms with Crippen molar-refractivity contribution in [3.63, 3.8) is 0 Å². The molecule has 1 aromatic heterocycles. The molecule has 0 amide bonds. The Morgan fingerprint density at radius 3 is 2.17 bits per heavy atom. The molecule has 0 fully saturated rings. The lowest BCUT2D eigenvalue weighted by Gasteiger charge is -2.38. The molecule has 0 unspecified atom stereocenters. The van der Waals surface area contributed by atoms with Crippen molar-refractivity contribution >= 4 is 22.7 Å². The SMILES string of the molecule is CC(C)(N)C(C)(C)Sc1nc2ccccc2cc1-c1ccccc1. The van der Waals surface area contributed by atoms with E-state index in [1.54, 1.807) is 11.8 Å². The molecule has 2 N–H and O–H groups in total. The van der Waals surface area contributed by atoms with Crippen molar-refractivity contribution in [2.24, 2.45) is 5.73 Å². The fourth-order valence-electron chi connectivity index (χ4n) is 2.37. The molecule has 0 atom stereocenters. The highest BCUT2D eigenvalue weighted by Gasteiger charge is 2.35. The average molecular weight is 337 g/mol. The first-order valence-electron chi connectivity index (χ1n) is 8.21. The molecule has 0 saturated carbocycles. The van der Waals surface area contributed by atoms with Crippen molar-refractivity contribution in [2.75, 3.05) is 0 Å². The second kappa shape index (κ2) is 6.23. The van der Waals surface area contributed by atoms with Gasteiger partial charge in [0, 0.05) is 21.2 Å². The first kappa shape index (κ1) is 17.0. The van der Waals surface area contributed by atoms with Crippen molar-refractivity contribution in [3.8, 4) is 11.1 Å². The first-order valence-corrected chi connectivity index (χ1v) is 9.03. The number of aromatic nitrogens is 1. The lowest BCUT2D eigenvalue weighted by Crippen LogP contribution is -2.50. The number of fused-ring (bicyclic) bond motifs is 1. The maximum atomic E-state index is 6.41. The number of benzene rings is 2. The molecule has 0 aliphatic carbocycles. The molecule has 2 aromatic carbocycles. The highest BCUT2D eigenvalue weighted by molar-refractivity contribution is 8.00. The average Bonchev–Trinajstić information content (AvgIpc) is 2.53. The minimum absolute atomic E-state index is 0.147. The summed E-state index contributed by atoms with van der Waals surface area (Å²) in [5.74, 6) is 0. The molecule has 3 aromatic rings. The Hall–Kier alpha value is -1.84. The van der Waals surface area contributed by atoms with Gasteiger partial charge >= 0.3 is 0 Å². The van der Waals surface area contributed by atoms with Crippen LogP contribution in [0.2, 0.25) is 0 Å². The minimum atomic E-state index is -0.320. The Kier molecular flexibility index (Phi) is 4.41. The number of hydrogen-bond acceptors (Lipinski definition) is 3. The van der Waals surface area contributed by atoms with Gasteiger partial charge < -0.3 is 5.73 Å². The summed E-state index contributed by atoms with van der Waals surface area (Å²) in [5.41, 5.74) is 9.46. The number of rotatable bonds is 4. The number of hydrogen-bond donors (Lipinski definition) is 1. The van der Waals surface area contributed by atoms with E-state index in [2.05, 4.69) is 76.2 Å². The van der Waals surface area contributed by atoms with Crippen molar-refractivity contribution in [1.29, 1.82) is 0 Å². The van der Waals surface area contributed by atoms with E-state index in [-0.39, 0.29) is 10.3 Å². The largest absolute Gasteiger partial charge is 0.324 e. The molecule has 124 valence electrons. The normalized spacial score (nSPS) is 12.5. The Labute approximate surface area is 148 Å². The molecular weight excluding hydrogens is 312 g/mol. The zero-order valence-electron chi connectivity index (χ0n) is 14.7. The molecule has 2 nitrogen and oxygen atoms in total. The standard InChI is InChI=1S/C21H24N2S/c1-20(2,22)21(3,4)24-19-17(15-10-6-5-7-11-15)14-16-12-8-9-13-18(16)23-19/h5-14H,22H2,1-4H3. The van der Waals surface area contributed by atoms with Crippen LogP contribution in [0.15, 0.2) is 65.7 Å². The van der Waals surface area contributed by atoms with Crippen LogP contribution in [0.3, 0.4) is 0 Å². The summed E-state index contributed by atoms with van der Waals surface area (Å²) in [4.78, 5) is 4.96. The van der Waals surface area contributed by atoms with Crippen LogP contribution >= 0.6 is 11.8 Å². The van der Waals surface area contributed by atoms with Crippen LogP contribution in [-0.4, -0.2) is 15.3 Å². The molecule has 0 aliphatic rings. The van der Waals surface area contributed by atoms with Gasteiger partial charge in [-0.1, -0.05) is 60.3 Å². The highest BCUT2D eigenvalue weighted by Crippen LogP contribution is 2.43. The number of nitrogens with two attached hydrogens (primary N) is 1. The van der Waals surface area contributed by atoms with Crippen LogP contribution in [0.1, 0.15) is 27.7 Å². The topological polar surface area (TPSA) is 38.9 Å². The van der Waals surface area contributed by atoms with Crippen LogP contribution in [0.4, 0.5) is 0 Å². The summed E-state index contributed by atoms with van der Waals surface area (Å²) in [6.07, 6.45) is 0. The summed E-state index contributed by atoms with van der Waals surface area (Å²) >= 11 is 1.75. The fourth-order valence-corrected chi connectivity index (χ4v) is 3.55. The van der Waals surface area contributed by atoms with E-state index in [1.807, 2.05) is 12.1 Å². The van der Waals surface area contributed by atoms with Crippen molar-refractivity contribution in [3.05, 3.63) is 60.7 Å². The molecule has 3 rings (SSSR count). The van der Waals surface area contributed by atoms with Gasteiger partial charge in [0.25, 0.3) is 0 Å². The van der Waals surface area contributed by atoms with Crippen LogP contribution in [0, 0.1) is 0 Å². The second-order valence-corrected chi connectivity index (χ2v) is 8.85. The van der Waals surface area contributed by atoms with Crippen LogP contribution in [0.5, 0.6) is 0 Å². The third kappa shape index (κ3) is 3.33. The fraction of sp³-hybridized carbons (Fsp3) is 0.286.